The number of hydrogen-bond acceptors (Lipinski definition) is 3. The van der Waals surface area contributed by atoms with Crippen molar-refractivity contribution in [2.75, 3.05) is 7.11 Å². The Hall–Kier alpha value is -1.91. The van der Waals surface area contributed by atoms with Crippen molar-refractivity contribution in [2.45, 2.75) is 19.9 Å². The van der Waals surface area contributed by atoms with Crippen LogP contribution in [0.15, 0.2) is 36.4 Å². The van der Waals surface area contributed by atoms with Gasteiger partial charge in [0.2, 0.25) is 0 Å². The molecule has 1 atom stereocenters. The Morgan fingerprint density at radius 1 is 1.05 bits per heavy atom. The first kappa shape index (κ1) is 14.5. The Labute approximate surface area is 118 Å². The molecule has 106 valence electrons. The van der Waals surface area contributed by atoms with Crippen molar-refractivity contribution in [3.05, 3.63) is 64.5 Å². The average molecular weight is 274 g/mol. The summed E-state index contributed by atoms with van der Waals surface area (Å²) in [6.07, 6.45) is 0. The van der Waals surface area contributed by atoms with E-state index in [0.29, 0.717) is 5.56 Å². The molecule has 2 aromatic rings. The number of hydrazine groups is 1. The van der Waals surface area contributed by atoms with Crippen molar-refractivity contribution >= 4 is 0 Å². The lowest BCUT2D eigenvalue weighted by molar-refractivity contribution is 0.411. The van der Waals surface area contributed by atoms with Gasteiger partial charge in [0.25, 0.3) is 0 Å². The Morgan fingerprint density at radius 2 is 1.65 bits per heavy atom. The highest BCUT2D eigenvalue weighted by Crippen LogP contribution is 2.27. The first-order chi connectivity index (χ1) is 9.56. The van der Waals surface area contributed by atoms with Gasteiger partial charge in [0.05, 0.1) is 13.2 Å². The second kappa shape index (κ2) is 6.03. The molecular weight excluding hydrogens is 255 g/mol. The number of benzene rings is 2. The number of methoxy groups -OCH3 is 1. The van der Waals surface area contributed by atoms with Crippen LogP contribution in [0.1, 0.15) is 28.3 Å². The predicted octanol–water partition coefficient (Wildman–Crippen LogP) is 3.00. The molecule has 0 aliphatic carbocycles. The van der Waals surface area contributed by atoms with E-state index < -0.39 is 0 Å². The summed E-state index contributed by atoms with van der Waals surface area (Å²) in [5.41, 5.74) is 6.36. The Bertz CT molecular complexity index is 613. The summed E-state index contributed by atoms with van der Waals surface area (Å²) < 4.78 is 18.6. The summed E-state index contributed by atoms with van der Waals surface area (Å²) in [6.45, 7) is 3.72. The van der Waals surface area contributed by atoms with Crippen LogP contribution >= 0.6 is 0 Å². The monoisotopic (exact) mass is 274 g/mol. The zero-order chi connectivity index (χ0) is 14.7. The number of nitrogens with two attached hydrogens (primary N) is 1. The Morgan fingerprint density at radius 3 is 2.15 bits per heavy atom. The van der Waals surface area contributed by atoms with Crippen LogP contribution in [0.25, 0.3) is 0 Å². The highest BCUT2D eigenvalue weighted by molar-refractivity contribution is 5.41. The maximum absolute atomic E-state index is 13.4. The van der Waals surface area contributed by atoms with Crippen molar-refractivity contribution < 1.29 is 9.13 Å². The molecule has 0 fully saturated rings. The summed E-state index contributed by atoms with van der Waals surface area (Å²) >= 11 is 0. The van der Waals surface area contributed by atoms with Crippen LogP contribution in [0, 0.1) is 19.7 Å². The van der Waals surface area contributed by atoms with Gasteiger partial charge in [0, 0.05) is 0 Å². The minimum Gasteiger partial charge on any atom is -0.496 e. The van der Waals surface area contributed by atoms with Gasteiger partial charge in [-0.25, -0.2) is 9.82 Å². The summed E-state index contributed by atoms with van der Waals surface area (Å²) in [5, 5.41) is 0. The van der Waals surface area contributed by atoms with Gasteiger partial charge >= 0.3 is 0 Å². The third-order valence-electron chi connectivity index (χ3n) is 3.43. The Kier molecular flexibility index (Phi) is 4.37. The molecule has 3 N–H and O–H groups in total. The molecule has 0 spiro atoms. The number of nitrogens with one attached hydrogen (secondary N) is 1. The van der Waals surface area contributed by atoms with Crippen molar-refractivity contribution in [1.82, 2.24) is 5.43 Å². The predicted molar refractivity (Wildman–Crippen MR) is 78.0 cm³/mol. The lowest BCUT2D eigenvalue weighted by atomic mass is 9.96. The molecule has 2 rings (SSSR count). The number of ether oxygens (including phenoxy) is 1. The molecule has 0 aliphatic heterocycles. The summed E-state index contributed by atoms with van der Waals surface area (Å²) in [6, 6.07) is 10.7. The molecule has 0 bridgehead atoms. The van der Waals surface area contributed by atoms with Gasteiger partial charge < -0.3 is 4.74 Å². The third-order valence-corrected chi connectivity index (χ3v) is 3.43. The molecule has 0 heterocycles. The molecule has 4 heteroatoms. The molecule has 1 unspecified atom stereocenters. The van der Waals surface area contributed by atoms with E-state index in [-0.39, 0.29) is 11.9 Å². The number of hydrogen-bond donors (Lipinski definition) is 2. The van der Waals surface area contributed by atoms with E-state index in [1.54, 1.807) is 26.2 Å². The smallest absolute Gasteiger partial charge is 0.126 e. The SMILES string of the molecule is COc1ccc(C(NN)c2ccc(F)c(C)c2)cc1C. The van der Waals surface area contributed by atoms with Gasteiger partial charge in [-0.15, -0.1) is 0 Å². The third kappa shape index (κ3) is 2.81. The lowest BCUT2D eigenvalue weighted by Gasteiger charge is -2.19. The first-order valence-electron chi connectivity index (χ1n) is 6.43. The van der Waals surface area contributed by atoms with E-state index in [0.717, 1.165) is 22.4 Å². The molecule has 3 nitrogen and oxygen atoms in total. The minimum atomic E-state index is -0.213. The molecular formula is C16H19FN2O. The van der Waals surface area contributed by atoms with Gasteiger partial charge in [-0.3, -0.25) is 5.84 Å². The molecule has 20 heavy (non-hydrogen) atoms. The quantitative estimate of drug-likeness (QED) is 0.665. The highest BCUT2D eigenvalue weighted by Gasteiger charge is 2.14. The van der Waals surface area contributed by atoms with Crippen LogP contribution in [0.4, 0.5) is 4.39 Å². The van der Waals surface area contributed by atoms with Gasteiger partial charge in [0.1, 0.15) is 11.6 Å². The fraction of sp³-hybridized carbons (Fsp3) is 0.250. The summed E-state index contributed by atoms with van der Waals surface area (Å²) in [7, 11) is 1.64. The molecule has 0 amide bonds. The molecule has 0 aromatic heterocycles. The number of aryl methyl sites for hydroxylation is 2. The maximum Gasteiger partial charge on any atom is 0.126 e. The van der Waals surface area contributed by atoms with Gasteiger partial charge in [-0.05, 0) is 48.2 Å². The zero-order valence-corrected chi connectivity index (χ0v) is 11.9. The standard InChI is InChI=1S/C16H19FN2O/c1-10-8-12(4-6-14(10)17)16(19-18)13-5-7-15(20-3)11(2)9-13/h4-9,16,19H,18H2,1-3H3. The number of rotatable bonds is 4. The lowest BCUT2D eigenvalue weighted by Crippen LogP contribution is -2.29. The van der Waals surface area contributed by atoms with E-state index in [1.807, 2.05) is 25.1 Å². The van der Waals surface area contributed by atoms with E-state index >= 15 is 0 Å². The summed E-state index contributed by atoms with van der Waals surface area (Å²) in [5.74, 6) is 6.29. The van der Waals surface area contributed by atoms with Crippen LogP contribution in [-0.4, -0.2) is 7.11 Å². The van der Waals surface area contributed by atoms with Crippen molar-refractivity contribution in [3.63, 3.8) is 0 Å². The highest BCUT2D eigenvalue weighted by atomic mass is 19.1. The average Bonchev–Trinajstić information content (AvgIpc) is 2.44. The van der Waals surface area contributed by atoms with Crippen LogP contribution in [0.2, 0.25) is 0 Å². The fourth-order valence-corrected chi connectivity index (χ4v) is 2.31. The van der Waals surface area contributed by atoms with E-state index in [2.05, 4.69) is 5.43 Å². The minimum absolute atomic E-state index is 0.182. The van der Waals surface area contributed by atoms with Gasteiger partial charge in [0.15, 0.2) is 0 Å². The largest absolute Gasteiger partial charge is 0.496 e. The van der Waals surface area contributed by atoms with Crippen LogP contribution in [0.5, 0.6) is 5.75 Å². The second-order valence-corrected chi connectivity index (χ2v) is 4.84. The van der Waals surface area contributed by atoms with E-state index in [9.17, 15) is 4.39 Å². The fourth-order valence-electron chi connectivity index (χ4n) is 2.31. The van der Waals surface area contributed by atoms with Crippen molar-refractivity contribution in [3.8, 4) is 5.75 Å². The first-order valence-corrected chi connectivity index (χ1v) is 6.43. The van der Waals surface area contributed by atoms with Gasteiger partial charge in [-0.2, -0.15) is 0 Å². The van der Waals surface area contributed by atoms with Gasteiger partial charge in [-0.1, -0.05) is 24.3 Å². The molecule has 2 aromatic carbocycles. The zero-order valence-electron chi connectivity index (χ0n) is 11.9. The van der Waals surface area contributed by atoms with Crippen molar-refractivity contribution in [2.24, 2.45) is 5.84 Å². The van der Waals surface area contributed by atoms with Crippen molar-refractivity contribution in [1.29, 1.82) is 0 Å². The maximum atomic E-state index is 13.4. The molecule has 0 radical (unpaired) electrons. The van der Waals surface area contributed by atoms with E-state index in [4.69, 9.17) is 10.6 Å². The van der Waals surface area contributed by atoms with E-state index in [1.165, 1.54) is 6.07 Å². The molecule has 0 aliphatic rings. The van der Waals surface area contributed by atoms with Crippen LogP contribution in [-0.2, 0) is 0 Å². The molecule has 0 saturated carbocycles. The molecule has 0 saturated heterocycles. The topological polar surface area (TPSA) is 47.3 Å². The van der Waals surface area contributed by atoms with Crippen LogP contribution in [0.3, 0.4) is 0 Å². The number of halogens is 1. The summed E-state index contributed by atoms with van der Waals surface area (Å²) in [4.78, 5) is 0. The normalized spacial score (nSPS) is 12.2. The second-order valence-electron chi connectivity index (χ2n) is 4.84. The Balaban J connectivity index is 2.41. The van der Waals surface area contributed by atoms with Crippen LogP contribution < -0.4 is 16.0 Å².